The standard InChI is InChI=1S/C11H15BFNO4/c1-6(15)5-17-8-3-2-7(13)10-9(4-14)18-12(16)11(8)10/h2-3,6,9,15-16H,4-5,14H2,1H3/t6?,9-/m1/s1. The Balaban J connectivity index is 2.36. The second-order valence-corrected chi connectivity index (χ2v) is 4.25. The normalized spacial score (nSPS) is 19.8. The summed E-state index contributed by atoms with van der Waals surface area (Å²) < 4.78 is 24.2. The third-order valence-electron chi connectivity index (χ3n) is 2.75. The monoisotopic (exact) mass is 255 g/mol. The van der Waals surface area contributed by atoms with Crippen LogP contribution in [-0.2, 0) is 4.65 Å². The van der Waals surface area contributed by atoms with Gasteiger partial charge in [-0.2, -0.15) is 0 Å². The van der Waals surface area contributed by atoms with Crippen LogP contribution in [0.1, 0.15) is 18.6 Å². The van der Waals surface area contributed by atoms with Gasteiger partial charge in [-0.25, -0.2) is 4.39 Å². The van der Waals surface area contributed by atoms with Crippen LogP contribution < -0.4 is 15.9 Å². The number of benzene rings is 1. The van der Waals surface area contributed by atoms with Gasteiger partial charge in [0.05, 0.1) is 12.2 Å². The maximum atomic E-state index is 13.7. The summed E-state index contributed by atoms with van der Waals surface area (Å²) in [6.07, 6.45) is -1.33. The minimum Gasteiger partial charge on any atom is -0.491 e. The highest BCUT2D eigenvalue weighted by atomic mass is 19.1. The number of fused-ring (bicyclic) bond motifs is 1. The van der Waals surface area contributed by atoms with Gasteiger partial charge in [-0.1, -0.05) is 0 Å². The Hall–Kier alpha value is -1.15. The molecule has 1 heterocycles. The second-order valence-electron chi connectivity index (χ2n) is 4.25. The molecule has 0 amide bonds. The fraction of sp³-hybridized carbons (Fsp3) is 0.455. The van der Waals surface area contributed by atoms with E-state index in [1.807, 2.05) is 0 Å². The van der Waals surface area contributed by atoms with E-state index in [1.165, 1.54) is 12.1 Å². The van der Waals surface area contributed by atoms with E-state index in [2.05, 4.69) is 0 Å². The molecule has 0 radical (unpaired) electrons. The molecule has 2 rings (SSSR count). The van der Waals surface area contributed by atoms with Crippen LogP contribution in [-0.4, -0.2) is 36.5 Å². The van der Waals surface area contributed by atoms with Crippen LogP contribution in [0.15, 0.2) is 12.1 Å². The predicted molar refractivity (Wildman–Crippen MR) is 64.1 cm³/mol. The summed E-state index contributed by atoms with van der Waals surface area (Å²) in [7, 11) is -1.26. The van der Waals surface area contributed by atoms with Crippen molar-refractivity contribution in [3.63, 3.8) is 0 Å². The molecular weight excluding hydrogens is 240 g/mol. The number of aliphatic hydroxyl groups excluding tert-OH is 1. The van der Waals surface area contributed by atoms with Crippen LogP contribution >= 0.6 is 0 Å². The van der Waals surface area contributed by atoms with Gasteiger partial charge in [0, 0.05) is 17.6 Å². The molecular formula is C11H15BFNO4. The SMILES string of the molecule is CC(O)COc1ccc(F)c2c1B(O)O[C@@H]2CN. The number of hydrogen-bond donors (Lipinski definition) is 3. The van der Waals surface area contributed by atoms with E-state index >= 15 is 0 Å². The van der Waals surface area contributed by atoms with Crippen molar-refractivity contribution in [1.82, 2.24) is 0 Å². The Morgan fingerprint density at radius 3 is 2.94 bits per heavy atom. The number of nitrogens with two attached hydrogens (primary N) is 1. The second kappa shape index (κ2) is 5.23. The first-order valence-electron chi connectivity index (χ1n) is 5.71. The first-order chi connectivity index (χ1) is 8.54. The van der Waals surface area contributed by atoms with Crippen molar-refractivity contribution in [3.05, 3.63) is 23.5 Å². The van der Waals surface area contributed by atoms with Crippen LogP contribution in [0.5, 0.6) is 5.75 Å². The summed E-state index contributed by atoms with van der Waals surface area (Å²) in [6, 6.07) is 2.64. The predicted octanol–water partition coefficient (Wildman–Crippen LogP) is -0.697. The van der Waals surface area contributed by atoms with Gasteiger partial charge in [-0.3, -0.25) is 0 Å². The van der Waals surface area contributed by atoms with E-state index in [-0.39, 0.29) is 24.2 Å². The summed E-state index contributed by atoms with van der Waals surface area (Å²) in [5.41, 5.74) is 5.95. The molecule has 98 valence electrons. The highest BCUT2D eigenvalue weighted by Crippen LogP contribution is 2.29. The topological polar surface area (TPSA) is 84.9 Å². The van der Waals surface area contributed by atoms with E-state index < -0.39 is 25.1 Å². The molecule has 1 aromatic carbocycles. The minimum absolute atomic E-state index is 0.0537. The third-order valence-corrected chi connectivity index (χ3v) is 2.75. The van der Waals surface area contributed by atoms with Crippen LogP contribution in [0.25, 0.3) is 0 Å². The summed E-state index contributed by atoms with van der Waals surface area (Å²) in [5.74, 6) is -0.183. The summed E-state index contributed by atoms with van der Waals surface area (Å²) in [5, 5.41) is 18.9. The molecule has 0 fully saturated rings. The maximum Gasteiger partial charge on any atom is 0.495 e. The van der Waals surface area contributed by atoms with Crippen molar-refractivity contribution >= 4 is 12.6 Å². The van der Waals surface area contributed by atoms with E-state index in [1.54, 1.807) is 6.92 Å². The largest absolute Gasteiger partial charge is 0.495 e. The van der Waals surface area contributed by atoms with Crippen molar-refractivity contribution in [2.75, 3.05) is 13.2 Å². The molecule has 0 saturated heterocycles. The van der Waals surface area contributed by atoms with E-state index in [4.69, 9.17) is 20.2 Å². The third kappa shape index (κ3) is 2.35. The van der Waals surface area contributed by atoms with Crippen LogP contribution in [0.3, 0.4) is 0 Å². The van der Waals surface area contributed by atoms with Crippen molar-refractivity contribution in [3.8, 4) is 5.75 Å². The Bertz CT molecular complexity index is 443. The lowest BCUT2D eigenvalue weighted by atomic mass is 9.78. The fourth-order valence-electron chi connectivity index (χ4n) is 1.97. The molecule has 1 aromatic rings. The van der Waals surface area contributed by atoms with Gasteiger partial charge >= 0.3 is 7.12 Å². The van der Waals surface area contributed by atoms with Gasteiger partial charge in [-0.05, 0) is 19.1 Å². The number of aliphatic hydroxyl groups is 1. The highest BCUT2D eigenvalue weighted by molar-refractivity contribution is 6.62. The Morgan fingerprint density at radius 2 is 2.33 bits per heavy atom. The number of hydrogen-bond acceptors (Lipinski definition) is 5. The Labute approximate surface area is 104 Å². The van der Waals surface area contributed by atoms with Crippen LogP contribution in [0.4, 0.5) is 4.39 Å². The summed E-state index contributed by atoms with van der Waals surface area (Å²) in [4.78, 5) is 0. The average molecular weight is 255 g/mol. The molecule has 0 saturated carbocycles. The first-order valence-corrected chi connectivity index (χ1v) is 5.71. The van der Waals surface area contributed by atoms with Gasteiger partial charge in [0.1, 0.15) is 18.2 Å². The molecule has 7 heteroatoms. The number of ether oxygens (including phenoxy) is 1. The molecule has 0 spiro atoms. The lowest BCUT2D eigenvalue weighted by molar-refractivity contribution is 0.123. The van der Waals surface area contributed by atoms with E-state index in [9.17, 15) is 9.41 Å². The maximum absolute atomic E-state index is 13.7. The summed E-state index contributed by atoms with van der Waals surface area (Å²) in [6.45, 7) is 1.69. The fourth-order valence-corrected chi connectivity index (χ4v) is 1.97. The number of halogens is 1. The van der Waals surface area contributed by atoms with Crippen molar-refractivity contribution in [2.45, 2.75) is 19.1 Å². The van der Waals surface area contributed by atoms with Crippen molar-refractivity contribution < 1.29 is 23.9 Å². The lowest BCUT2D eigenvalue weighted by Gasteiger charge is -2.13. The Morgan fingerprint density at radius 1 is 1.61 bits per heavy atom. The highest BCUT2D eigenvalue weighted by Gasteiger charge is 2.39. The van der Waals surface area contributed by atoms with E-state index in [0.29, 0.717) is 5.75 Å². The van der Waals surface area contributed by atoms with Crippen LogP contribution in [0.2, 0.25) is 0 Å². The lowest BCUT2D eigenvalue weighted by Crippen LogP contribution is -2.31. The molecule has 1 aliphatic heterocycles. The zero-order chi connectivity index (χ0) is 13.3. The van der Waals surface area contributed by atoms with Gasteiger partial charge in [0.25, 0.3) is 0 Å². The first kappa shape index (κ1) is 13.3. The van der Waals surface area contributed by atoms with Gasteiger partial charge in [0.2, 0.25) is 0 Å². The Kier molecular flexibility index (Phi) is 3.86. The van der Waals surface area contributed by atoms with Crippen molar-refractivity contribution in [1.29, 1.82) is 0 Å². The molecule has 5 nitrogen and oxygen atoms in total. The van der Waals surface area contributed by atoms with Crippen molar-refractivity contribution in [2.24, 2.45) is 5.73 Å². The molecule has 1 unspecified atom stereocenters. The van der Waals surface area contributed by atoms with E-state index in [0.717, 1.165) is 0 Å². The number of rotatable bonds is 4. The molecule has 2 atom stereocenters. The van der Waals surface area contributed by atoms with Gasteiger partial charge in [0.15, 0.2) is 0 Å². The average Bonchev–Trinajstić information content (AvgIpc) is 2.67. The zero-order valence-corrected chi connectivity index (χ0v) is 9.97. The van der Waals surface area contributed by atoms with Gasteiger partial charge in [-0.15, -0.1) is 0 Å². The minimum atomic E-state index is -1.26. The molecule has 18 heavy (non-hydrogen) atoms. The molecule has 0 aliphatic carbocycles. The van der Waals surface area contributed by atoms with Gasteiger partial charge < -0.3 is 25.3 Å². The molecule has 1 aliphatic rings. The molecule has 0 bridgehead atoms. The van der Waals surface area contributed by atoms with Crippen LogP contribution in [0, 0.1) is 5.82 Å². The zero-order valence-electron chi connectivity index (χ0n) is 9.97. The smallest absolute Gasteiger partial charge is 0.491 e. The quantitative estimate of drug-likeness (QED) is 0.620. The molecule has 0 aromatic heterocycles. The summed E-state index contributed by atoms with van der Waals surface area (Å²) >= 11 is 0. The molecule has 4 N–H and O–H groups in total.